The highest BCUT2D eigenvalue weighted by atomic mass is 16.3. The molecule has 320 valence electrons. The summed E-state index contributed by atoms with van der Waals surface area (Å²) in [4.78, 5) is 0. The van der Waals surface area contributed by atoms with Crippen molar-refractivity contribution in [2.45, 2.75) is 38.0 Å². The van der Waals surface area contributed by atoms with Gasteiger partial charge in [0.25, 0.3) is 0 Å². The van der Waals surface area contributed by atoms with Gasteiger partial charge >= 0.3 is 0 Å². The van der Waals surface area contributed by atoms with E-state index in [9.17, 15) is 0 Å². The third-order valence-corrected chi connectivity index (χ3v) is 14.3. The fourth-order valence-electron chi connectivity index (χ4n) is 11.1. The van der Waals surface area contributed by atoms with Crippen molar-refractivity contribution in [2.24, 2.45) is 0 Å². The Kier molecular flexibility index (Phi) is 10.3. The second-order valence-corrected chi connectivity index (χ2v) is 18.2. The summed E-state index contributed by atoms with van der Waals surface area (Å²) in [5.74, 6) is 0. The van der Waals surface area contributed by atoms with Crippen LogP contribution in [0.1, 0.15) is 51.8 Å². The zero-order valence-corrected chi connectivity index (χ0v) is 37.8. The Morgan fingerprint density at radius 2 is 0.776 bits per heavy atom. The molecule has 0 atom stereocenters. The van der Waals surface area contributed by atoms with Gasteiger partial charge in [-0.05, 0) is 122 Å². The highest BCUT2D eigenvalue weighted by Gasteiger charge is 2.51. The highest BCUT2D eigenvalue weighted by molar-refractivity contribution is 6.09. The largest absolute Gasteiger partial charge is 0.455 e. The van der Waals surface area contributed by atoms with Gasteiger partial charge in [-0.1, -0.05) is 236 Å². The third-order valence-electron chi connectivity index (χ3n) is 14.3. The summed E-state index contributed by atoms with van der Waals surface area (Å²) in [6.07, 6.45) is 4.61. The molecule has 11 aromatic rings. The van der Waals surface area contributed by atoms with Gasteiger partial charge in [-0.3, -0.25) is 0 Å². The van der Waals surface area contributed by atoms with Gasteiger partial charge in [0.1, 0.15) is 11.2 Å². The Hall–Kier alpha value is -8.00. The second kappa shape index (κ2) is 17.1. The molecule has 1 aromatic heterocycles. The molecule has 1 heteroatoms. The summed E-state index contributed by atoms with van der Waals surface area (Å²) in [7, 11) is 0. The first-order valence-electron chi connectivity index (χ1n) is 23.8. The average molecular weight is 859 g/mol. The smallest absolute Gasteiger partial charge is 0.143 e. The van der Waals surface area contributed by atoms with Crippen LogP contribution in [-0.2, 0) is 18.3 Å². The lowest BCUT2D eigenvalue weighted by Gasteiger charge is -2.30. The van der Waals surface area contributed by atoms with Crippen molar-refractivity contribution < 1.29 is 4.42 Å². The Bertz CT molecular complexity index is 3510. The molecule has 0 saturated heterocycles. The molecule has 10 aromatic carbocycles. The molecule has 0 saturated carbocycles. The van der Waals surface area contributed by atoms with E-state index in [2.05, 4.69) is 231 Å². The normalized spacial score (nSPS) is 12.6. The van der Waals surface area contributed by atoms with Crippen LogP contribution in [0.3, 0.4) is 0 Å². The maximum atomic E-state index is 6.07. The van der Waals surface area contributed by atoms with E-state index >= 15 is 0 Å². The zero-order valence-electron chi connectivity index (χ0n) is 37.8. The van der Waals surface area contributed by atoms with Gasteiger partial charge in [-0.15, -0.1) is 0 Å². The van der Waals surface area contributed by atoms with Crippen molar-refractivity contribution in [1.29, 1.82) is 0 Å². The molecule has 1 nitrogen and oxygen atoms in total. The fourth-order valence-corrected chi connectivity index (χ4v) is 11.1. The van der Waals surface area contributed by atoms with E-state index in [0.717, 1.165) is 29.6 Å². The number of rotatable bonds is 8. The Balaban J connectivity index is 0.000000194. The molecule has 67 heavy (non-hydrogen) atoms. The lowest BCUT2D eigenvalue weighted by Crippen LogP contribution is -2.25. The number of hydrogen-bond donors (Lipinski definition) is 0. The minimum absolute atomic E-state index is 0.295. The van der Waals surface area contributed by atoms with Crippen LogP contribution in [0, 0.1) is 6.92 Å². The van der Waals surface area contributed by atoms with E-state index in [-0.39, 0.29) is 5.41 Å². The van der Waals surface area contributed by atoms with Crippen LogP contribution in [0.5, 0.6) is 0 Å². The molecule has 0 N–H and O–H groups in total. The minimum atomic E-state index is -0.295. The number of para-hydroxylation sites is 2. The molecule has 2 aliphatic carbocycles. The van der Waals surface area contributed by atoms with Gasteiger partial charge in [0, 0.05) is 16.3 Å². The van der Waals surface area contributed by atoms with Crippen molar-refractivity contribution in [3.05, 3.63) is 276 Å². The van der Waals surface area contributed by atoms with Gasteiger partial charge in [0.2, 0.25) is 0 Å². The molecule has 1 spiro atoms. The molecule has 2 aliphatic rings. The molecule has 0 bridgehead atoms. The number of furan rings is 1. The van der Waals surface area contributed by atoms with Crippen molar-refractivity contribution >= 4 is 21.9 Å². The molecular weight excluding hydrogens is 809 g/mol. The summed E-state index contributed by atoms with van der Waals surface area (Å²) in [6.45, 7) is 2.10. The van der Waals surface area contributed by atoms with Gasteiger partial charge < -0.3 is 4.42 Å². The Morgan fingerprint density at radius 3 is 1.45 bits per heavy atom. The van der Waals surface area contributed by atoms with E-state index in [0.29, 0.717) is 0 Å². The first-order chi connectivity index (χ1) is 33.1. The fraction of sp³-hybridized carbons (Fsp3) is 0.0909. The topological polar surface area (TPSA) is 13.1 Å². The molecule has 1 heterocycles. The van der Waals surface area contributed by atoms with Crippen LogP contribution in [0.25, 0.3) is 77.6 Å². The number of benzene rings is 10. The van der Waals surface area contributed by atoms with Crippen molar-refractivity contribution in [1.82, 2.24) is 0 Å². The monoisotopic (exact) mass is 858 g/mol. The molecule has 13 rings (SSSR count). The van der Waals surface area contributed by atoms with E-state index in [1.54, 1.807) is 0 Å². The summed E-state index contributed by atoms with van der Waals surface area (Å²) >= 11 is 0. The predicted molar refractivity (Wildman–Crippen MR) is 281 cm³/mol. The summed E-state index contributed by atoms with van der Waals surface area (Å²) < 4.78 is 6.07. The first-order valence-corrected chi connectivity index (χ1v) is 23.8. The number of aryl methyl sites for hydroxylation is 3. The van der Waals surface area contributed by atoms with Crippen LogP contribution in [0.2, 0.25) is 0 Å². The van der Waals surface area contributed by atoms with Crippen molar-refractivity contribution in [2.75, 3.05) is 0 Å². The van der Waals surface area contributed by atoms with E-state index in [4.69, 9.17) is 4.42 Å². The Labute approximate surface area is 393 Å². The Morgan fingerprint density at radius 1 is 0.328 bits per heavy atom. The average Bonchev–Trinajstić information content (AvgIpc) is 4.03. The molecule has 0 unspecified atom stereocenters. The van der Waals surface area contributed by atoms with Gasteiger partial charge in [0.15, 0.2) is 0 Å². The van der Waals surface area contributed by atoms with E-state index in [1.807, 2.05) is 12.1 Å². The van der Waals surface area contributed by atoms with Gasteiger partial charge in [-0.25, -0.2) is 0 Å². The molecular formula is C66H50O. The molecule has 0 radical (unpaired) electrons. The standard InChI is InChI=1S/C47H36.C19H14O/c1-2-15-35(16-3-1)36-29-25-33(26-30-36)13-4-5-14-34-27-31-37(32-28-34)38-20-12-24-45-46(38)41-19-8-11-23-44(41)47(45)42-21-9-6-17-39(42)40-18-7-10-22-43(40)47;1-13-9-11-14(12-10-13)15-6-4-7-17-16-5-2-3-8-18(16)20-19(15)17/h1-3,6-12,15-32H,4-5,13-14H2;2-12H,1H3. The molecule has 0 fully saturated rings. The second-order valence-electron chi connectivity index (χ2n) is 18.2. The SMILES string of the molecule is Cc1ccc(-c2cccc3c2oc2ccccc23)cc1.c1ccc(-c2ccc(CCCCc3ccc(-c4cccc5c4-c4ccccc4C54c5ccccc5-c5ccccc54)cc3)cc2)cc1. The predicted octanol–water partition coefficient (Wildman–Crippen LogP) is 17.5. The lowest BCUT2D eigenvalue weighted by molar-refractivity contribution is 0.670. The van der Waals surface area contributed by atoms with Gasteiger partial charge in [0.05, 0.1) is 5.41 Å². The summed E-state index contributed by atoms with van der Waals surface area (Å²) in [5, 5.41) is 2.36. The van der Waals surface area contributed by atoms with Crippen LogP contribution >= 0.6 is 0 Å². The number of unbranched alkanes of at least 4 members (excludes halogenated alkanes) is 1. The van der Waals surface area contributed by atoms with Crippen molar-refractivity contribution in [3.8, 4) is 55.6 Å². The van der Waals surface area contributed by atoms with Crippen molar-refractivity contribution in [3.63, 3.8) is 0 Å². The van der Waals surface area contributed by atoms with E-state index < -0.39 is 0 Å². The third kappa shape index (κ3) is 7.02. The van der Waals surface area contributed by atoms with Crippen LogP contribution in [0.4, 0.5) is 0 Å². The molecule has 0 aliphatic heterocycles. The highest BCUT2D eigenvalue weighted by Crippen LogP contribution is 2.63. The molecule has 0 amide bonds. The van der Waals surface area contributed by atoms with Crippen LogP contribution in [0.15, 0.2) is 241 Å². The van der Waals surface area contributed by atoms with Crippen LogP contribution < -0.4 is 0 Å². The quantitative estimate of drug-likeness (QED) is 0.139. The number of hydrogen-bond acceptors (Lipinski definition) is 1. The maximum absolute atomic E-state index is 6.07. The summed E-state index contributed by atoms with van der Waals surface area (Å²) in [5.41, 5.74) is 24.3. The maximum Gasteiger partial charge on any atom is 0.143 e. The zero-order chi connectivity index (χ0) is 44.7. The van der Waals surface area contributed by atoms with E-state index in [1.165, 1.54) is 113 Å². The van der Waals surface area contributed by atoms with Crippen LogP contribution in [-0.4, -0.2) is 0 Å². The minimum Gasteiger partial charge on any atom is -0.455 e. The summed E-state index contributed by atoms with van der Waals surface area (Å²) in [6, 6.07) is 86.4. The van der Waals surface area contributed by atoms with Gasteiger partial charge in [-0.2, -0.15) is 0 Å². The lowest BCUT2D eigenvalue weighted by atomic mass is 9.70. The number of fused-ring (bicyclic) bond motifs is 13. The first kappa shape index (κ1) is 40.5.